The average Bonchev–Trinajstić information content (AvgIpc) is 2.26. The van der Waals surface area contributed by atoms with Crippen molar-refractivity contribution in [2.75, 3.05) is 13.2 Å². The van der Waals surface area contributed by atoms with Crippen LogP contribution in [0.5, 0.6) is 0 Å². The lowest BCUT2D eigenvalue weighted by molar-refractivity contribution is -0.161. The number of ether oxygens (including phenoxy) is 3. The third-order valence-corrected chi connectivity index (χ3v) is 2.48. The normalized spacial score (nSPS) is 12.8. The molecule has 0 amide bonds. The number of rotatable bonds is 6. The van der Waals surface area contributed by atoms with Crippen LogP contribution in [-0.4, -0.2) is 31.4 Å². The Bertz CT molecular complexity index is 260. The molecule has 100 valence electrons. The summed E-state index contributed by atoms with van der Waals surface area (Å²) in [5.41, 5.74) is -0.877. The summed E-state index contributed by atoms with van der Waals surface area (Å²) in [6.45, 7) is 9.20. The maximum atomic E-state index is 11.8. The summed E-state index contributed by atoms with van der Waals surface area (Å²) < 4.78 is 14.8. The Balaban J connectivity index is 4.61. The molecule has 1 atom stereocenters. The molecule has 0 aliphatic heterocycles. The van der Waals surface area contributed by atoms with Gasteiger partial charge in [0, 0.05) is 0 Å². The van der Waals surface area contributed by atoms with E-state index in [0.29, 0.717) is 13.0 Å². The van der Waals surface area contributed by atoms with Crippen LogP contribution in [0.2, 0.25) is 0 Å². The zero-order valence-corrected chi connectivity index (χ0v) is 11.2. The standard InChI is InChI=1S/C12H22O5/c1-6-9(17-11(14)16-8-3)12(4,5)10(13)15-7-2/h9H,6-8H2,1-5H3. The van der Waals surface area contributed by atoms with Crippen LogP contribution in [0.25, 0.3) is 0 Å². The van der Waals surface area contributed by atoms with E-state index in [9.17, 15) is 9.59 Å². The Morgan fingerprint density at radius 3 is 2.00 bits per heavy atom. The molecule has 0 radical (unpaired) electrons. The van der Waals surface area contributed by atoms with Crippen LogP contribution in [0.4, 0.5) is 4.79 Å². The SMILES string of the molecule is CCOC(=O)OC(CC)C(C)(C)C(=O)OCC. The highest BCUT2D eigenvalue weighted by Crippen LogP contribution is 2.28. The zero-order valence-electron chi connectivity index (χ0n) is 11.2. The predicted molar refractivity (Wildman–Crippen MR) is 62.6 cm³/mol. The number of carbonyl (C=O) groups excluding carboxylic acids is 2. The summed E-state index contributed by atoms with van der Waals surface area (Å²) in [5.74, 6) is -0.379. The van der Waals surface area contributed by atoms with Crippen molar-refractivity contribution in [2.24, 2.45) is 5.41 Å². The number of hydrogen-bond acceptors (Lipinski definition) is 5. The van der Waals surface area contributed by atoms with Gasteiger partial charge in [-0.2, -0.15) is 0 Å². The molecule has 0 aliphatic carbocycles. The van der Waals surface area contributed by atoms with Gasteiger partial charge in [-0.25, -0.2) is 4.79 Å². The minimum Gasteiger partial charge on any atom is -0.465 e. The minimum atomic E-state index is -0.877. The van der Waals surface area contributed by atoms with E-state index in [-0.39, 0.29) is 12.6 Å². The Morgan fingerprint density at radius 1 is 1.06 bits per heavy atom. The zero-order chi connectivity index (χ0) is 13.5. The van der Waals surface area contributed by atoms with Gasteiger partial charge in [0.15, 0.2) is 0 Å². The molecule has 0 heterocycles. The summed E-state index contributed by atoms with van der Waals surface area (Å²) >= 11 is 0. The van der Waals surface area contributed by atoms with Gasteiger partial charge in [-0.1, -0.05) is 6.92 Å². The molecule has 0 spiro atoms. The summed E-state index contributed by atoms with van der Waals surface area (Å²) in [4.78, 5) is 23.0. The van der Waals surface area contributed by atoms with E-state index >= 15 is 0 Å². The quantitative estimate of drug-likeness (QED) is 0.674. The Hall–Kier alpha value is -1.26. The first kappa shape index (κ1) is 15.7. The highest BCUT2D eigenvalue weighted by molar-refractivity contribution is 5.77. The lowest BCUT2D eigenvalue weighted by Gasteiger charge is -2.30. The molecule has 0 fully saturated rings. The molecule has 17 heavy (non-hydrogen) atoms. The molecule has 0 aromatic carbocycles. The van der Waals surface area contributed by atoms with Gasteiger partial charge in [0.1, 0.15) is 6.10 Å². The average molecular weight is 246 g/mol. The fraction of sp³-hybridized carbons (Fsp3) is 0.833. The van der Waals surface area contributed by atoms with Crippen molar-refractivity contribution in [2.45, 2.75) is 47.1 Å². The van der Waals surface area contributed by atoms with Crippen LogP contribution >= 0.6 is 0 Å². The van der Waals surface area contributed by atoms with E-state index in [2.05, 4.69) is 0 Å². The molecule has 0 saturated heterocycles. The van der Waals surface area contributed by atoms with E-state index in [4.69, 9.17) is 14.2 Å². The van der Waals surface area contributed by atoms with Crippen molar-refractivity contribution in [1.29, 1.82) is 0 Å². The molecule has 5 nitrogen and oxygen atoms in total. The Labute approximate surface area is 102 Å². The minimum absolute atomic E-state index is 0.245. The summed E-state index contributed by atoms with van der Waals surface area (Å²) in [7, 11) is 0. The smallest absolute Gasteiger partial charge is 0.465 e. The maximum absolute atomic E-state index is 11.8. The molecule has 0 saturated carbocycles. The van der Waals surface area contributed by atoms with E-state index in [0.717, 1.165) is 0 Å². The Kier molecular flexibility index (Phi) is 6.61. The fourth-order valence-corrected chi connectivity index (χ4v) is 1.46. The van der Waals surface area contributed by atoms with Gasteiger partial charge in [-0.15, -0.1) is 0 Å². The van der Waals surface area contributed by atoms with Crippen molar-refractivity contribution in [3.8, 4) is 0 Å². The van der Waals surface area contributed by atoms with Crippen molar-refractivity contribution in [3.63, 3.8) is 0 Å². The van der Waals surface area contributed by atoms with E-state index in [1.165, 1.54) is 0 Å². The molecular formula is C12H22O5. The van der Waals surface area contributed by atoms with Crippen LogP contribution in [0.15, 0.2) is 0 Å². The van der Waals surface area contributed by atoms with Gasteiger partial charge >= 0.3 is 12.1 Å². The monoisotopic (exact) mass is 246 g/mol. The van der Waals surface area contributed by atoms with E-state index in [1.54, 1.807) is 27.7 Å². The molecule has 0 aliphatic rings. The predicted octanol–water partition coefficient (Wildman–Crippen LogP) is 2.53. The second-order valence-corrected chi connectivity index (χ2v) is 4.14. The lowest BCUT2D eigenvalue weighted by atomic mass is 9.85. The van der Waals surface area contributed by atoms with Crippen LogP contribution < -0.4 is 0 Å². The molecule has 1 unspecified atom stereocenters. The summed E-state index contributed by atoms with van der Waals surface area (Å²) in [5, 5.41) is 0. The lowest BCUT2D eigenvalue weighted by Crippen LogP contribution is -2.41. The molecule has 0 N–H and O–H groups in total. The second-order valence-electron chi connectivity index (χ2n) is 4.14. The van der Waals surface area contributed by atoms with E-state index < -0.39 is 17.7 Å². The largest absolute Gasteiger partial charge is 0.508 e. The molecule has 0 aromatic heterocycles. The third kappa shape index (κ3) is 4.63. The van der Waals surface area contributed by atoms with Crippen LogP contribution in [0, 0.1) is 5.41 Å². The van der Waals surface area contributed by atoms with Crippen LogP contribution in [0.1, 0.15) is 41.0 Å². The highest BCUT2D eigenvalue weighted by atomic mass is 16.7. The second kappa shape index (κ2) is 7.14. The topological polar surface area (TPSA) is 61.8 Å². The van der Waals surface area contributed by atoms with Crippen LogP contribution in [0.3, 0.4) is 0 Å². The first-order valence-corrected chi connectivity index (χ1v) is 5.90. The number of carbonyl (C=O) groups is 2. The third-order valence-electron chi connectivity index (χ3n) is 2.48. The number of hydrogen-bond donors (Lipinski definition) is 0. The highest BCUT2D eigenvalue weighted by Gasteiger charge is 2.40. The van der Waals surface area contributed by atoms with Gasteiger partial charge in [0.05, 0.1) is 18.6 Å². The molecule has 0 rings (SSSR count). The van der Waals surface area contributed by atoms with Crippen molar-refractivity contribution >= 4 is 12.1 Å². The van der Waals surface area contributed by atoms with Gasteiger partial charge in [0.25, 0.3) is 0 Å². The molecular weight excluding hydrogens is 224 g/mol. The molecule has 0 aromatic rings. The van der Waals surface area contributed by atoms with E-state index in [1.807, 2.05) is 6.92 Å². The van der Waals surface area contributed by atoms with Crippen molar-refractivity contribution in [3.05, 3.63) is 0 Å². The van der Waals surface area contributed by atoms with Gasteiger partial charge in [-0.3, -0.25) is 4.79 Å². The maximum Gasteiger partial charge on any atom is 0.508 e. The summed E-state index contributed by atoms with van der Waals surface area (Å²) in [6.07, 6.45) is -0.790. The molecule has 0 bridgehead atoms. The first-order valence-electron chi connectivity index (χ1n) is 5.90. The Morgan fingerprint density at radius 2 is 1.59 bits per heavy atom. The number of esters is 1. The summed E-state index contributed by atoms with van der Waals surface area (Å²) in [6, 6.07) is 0. The van der Waals surface area contributed by atoms with Gasteiger partial charge < -0.3 is 14.2 Å². The molecule has 5 heteroatoms. The van der Waals surface area contributed by atoms with Crippen LogP contribution in [-0.2, 0) is 19.0 Å². The van der Waals surface area contributed by atoms with Gasteiger partial charge in [-0.05, 0) is 34.1 Å². The van der Waals surface area contributed by atoms with Gasteiger partial charge in [0.2, 0.25) is 0 Å². The van der Waals surface area contributed by atoms with Crippen molar-refractivity contribution in [1.82, 2.24) is 0 Å². The fourth-order valence-electron chi connectivity index (χ4n) is 1.46. The van der Waals surface area contributed by atoms with Crippen molar-refractivity contribution < 1.29 is 23.8 Å². The first-order chi connectivity index (χ1) is 7.89.